The van der Waals surface area contributed by atoms with Crippen molar-refractivity contribution in [2.24, 2.45) is 5.92 Å². The molecule has 0 radical (unpaired) electrons. The van der Waals surface area contributed by atoms with Gasteiger partial charge in [-0.3, -0.25) is 14.9 Å². The van der Waals surface area contributed by atoms with Gasteiger partial charge in [0, 0.05) is 34.3 Å². The molecule has 6 nitrogen and oxygen atoms in total. The van der Waals surface area contributed by atoms with Crippen LogP contribution in [0, 0.1) is 16.0 Å². The smallest absolute Gasteiger partial charge is 0.271 e. The summed E-state index contributed by atoms with van der Waals surface area (Å²) in [5.74, 6) is 0.0825. The second-order valence-corrected chi connectivity index (χ2v) is 6.38. The molecule has 3 atom stereocenters. The van der Waals surface area contributed by atoms with Gasteiger partial charge in [-0.25, -0.2) is 0 Å². The van der Waals surface area contributed by atoms with E-state index >= 15 is 0 Å². The number of hydrogen-bond donors (Lipinski definition) is 2. The molecule has 22 heavy (non-hydrogen) atoms. The lowest BCUT2D eigenvalue weighted by Crippen LogP contribution is -2.55. The van der Waals surface area contributed by atoms with Gasteiger partial charge in [-0.1, -0.05) is 22.9 Å². The maximum Gasteiger partial charge on any atom is 0.271 e. The van der Waals surface area contributed by atoms with Crippen LogP contribution in [0.15, 0.2) is 22.7 Å². The minimum atomic E-state index is -0.505. The van der Waals surface area contributed by atoms with E-state index in [-0.39, 0.29) is 36.1 Å². The average Bonchev–Trinajstić information content (AvgIpc) is 2.42. The number of piperidine rings is 1. The largest absolute Gasteiger partial charge is 0.347 e. The summed E-state index contributed by atoms with van der Waals surface area (Å²) in [6, 6.07) is 4.47. The molecule has 3 unspecified atom stereocenters. The van der Waals surface area contributed by atoms with Crippen LogP contribution in [0.1, 0.15) is 30.6 Å². The number of hydrogen-bond acceptors (Lipinski definition) is 4. The highest BCUT2D eigenvalue weighted by Gasteiger charge is 2.29. The Morgan fingerprint density at radius 3 is 2.68 bits per heavy atom. The zero-order valence-corrected chi connectivity index (χ0v) is 14.7. The number of nitro benzene ring substituents is 1. The molecule has 0 bridgehead atoms. The number of rotatable bonds is 3. The van der Waals surface area contributed by atoms with Crippen LogP contribution >= 0.6 is 28.3 Å². The van der Waals surface area contributed by atoms with Crippen molar-refractivity contribution < 1.29 is 9.72 Å². The van der Waals surface area contributed by atoms with Crippen LogP contribution in [0.2, 0.25) is 0 Å². The lowest BCUT2D eigenvalue weighted by atomic mass is 9.89. The summed E-state index contributed by atoms with van der Waals surface area (Å²) in [4.78, 5) is 22.7. The number of halogens is 2. The number of nitrogens with zero attached hydrogens (tertiary/aromatic N) is 1. The molecule has 0 aromatic heterocycles. The molecule has 1 saturated heterocycles. The third-order valence-electron chi connectivity index (χ3n) is 3.87. The van der Waals surface area contributed by atoms with E-state index < -0.39 is 4.92 Å². The summed E-state index contributed by atoms with van der Waals surface area (Å²) in [5, 5.41) is 17.2. The zero-order chi connectivity index (χ0) is 15.6. The second-order valence-electron chi connectivity index (χ2n) is 5.46. The fourth-order valence-corrected chi connectivity index (χ4v) is 3.13. The molecule has 0 saturated carbocycles. The first-order chi connectivity index (χ1) is 9.88. The van der Waals surface area contributed by atoms with Crippen molar-refractivity contribution in [1.29, 1.82) is 0 Å². The minimum Gasteiger partial charge on any atom is -0.347 e. The van der Waals surface area contributed by atoms with E-state index in [2.05, 4.69) is 33.5 Å². The number of carbonyl (C=O) groups excluding carboxylic acids is 1. The van der Waals surface area contributed by atoms with Crippen LogP contribution in [-0.2, 0) is 0 Å². The Bertz CT molecular complexity index is 560. The van der Waals surface area contributed by atoms with Gasteiger partial charge in [-0.15, -0.1) is 12.4 Å². The van der Waals surface area contributed by atoms with Crippen LogP contribution < -0.4 is 10.6 Å². The molecule has 1 amide bonds. The van der Waals surface area contributed by atoms with E-state index in [0.29, 0.717) is 16.0 Å². The first-order valence-corrected chi connectivity index (χ1v) is 7.67. The molecule has 8 heteroatoms. The molecule has 2 N–H and O–H groups in total. The highest BCUT2D eigenvalue weighted by Crippen LogP contribution is 2.22. The van der Waals surface area contributed by atoms with E-state index in [9.17, 15) is 14.9 Å². The van der Waals surface area contributed by atoms with Crippen LogP contribution in [0.5, 0.6) is 0 Å². The van der Waals surface area contributed by atoms with Crippen molar-refractivity contribution in [3.05, 3.63) is 38.3 Å². The van der Waals surface area contributed by atoms with Crippen molar-refractivity contribution in [1.82, 2.24) is 10.6 Å². The molecule has 1 aromatic rings. The molecule has 1 fully saturated rings. The van der Waals surface area contributed by atoms with Crippen molar-refractivity contribution in [3.8, 4) is 0 Å². The van der Waals surface area contributed by atoms with Gasteiger partial charge in [0.1, 0.15) is 0 Å². The minimum absolute atomic E-state index is 0. The first kappa shape index (κ1) is 18.9. The second kappa shape index (κ2) is 7.89. The van der Waals surface area contributed by atoms with Crippen molar-refractivity contribution in [3.63, 3.8) is 0 Å². The van der Waals surface area contributed by atoms with Crippen molar-refractivity contribution in [2.75, 3.05) is 6.54 Å². The summed E-state index contributed by atoms with van der Waals surface area (Å²) < 4.78 is 0.518. The molecule has 2 rings (SSSR count). The number of nitrogens with one attached hydrogen (secondary N) is 2. The molecule has 122 valence electrons. The van der Waals surface area contributed by atoms with E-state index in [1.807, 2.05) is 6.92 Å². The molecule has 1 aromatic carbocycles. The van der Waals surface area contributed by atoms with Crippen LogP contribution in [0.3, 0.4) is 0 Å². The number of benzene rings is 1. The van der Waals surface area contributed by atoms with Crippen molar-refractivity contribution >= 4 is 39.9 Å². The molecule has 1 aliphatic rings. The monoisotopic (exact) mass is 391 g/mol. The fraction of sp³-hybridized carbons (Fsp3) is 0.500. The Morgan fingerprint density at radius 2 is 2.09 bits per heavy atom. The molecular formula is C14H19BrClN3O3. The Labute approximate surface area is 143 Å². The summed E-state index contributed by atoms with van der Waals surface area (Å²) in [6.45, 7) is 5.08. The Morgan fingerprint density at radius 1 is 1.41 bits per heavy atom. The van der Waals surface area contributed by atoms with Crippen LogP contribution in [0.4, 0.5) is 5.69 Å². The van der Waals surface area contributed by atoms with Gasteiger partial charge in [-0.2, -0.15) is 0 Å². The molecule has 1 aliphatic heterocycles. The van der Waals surface area contributed by atoms with E-state index in [1.165, 1.54) is 12.1 Å². The molecule has 1 heterocycles. The number of nitro groups is 1. The highest BCUT2D eigenvalue weighted by atomic mass is 79.9. The number of non-ortho nitro benzene ring substituents is 1. The molecule has 0 aliphatic carbocycles. The number of amides is 1. The quantitative estimate of drug-likeness (QED) is 0.612. The summed E-state index contributed by atoms with van der Waals surface area (Å²) in [5.41, 5.74) is 0.193. The van der Waals surface area contributed by atoms with Gasteiger partial charge in [0.15, 0.2) is 0 Å². The standard InChI is InChI=1S/C14H18BrN3O3.ClH/c1-8-3-4-16-9(2)13(8)17-14(19)10-5-11(15)7-12(6-10)18(20)21;/h5-9,13,16H,3-4H2,1-2H3,(H,17,19);1H. The normalized spacial score (nSPS) is 24.2. The van der Waals surface area contributed by atoms with Gasteiger partial charge in [0.25, 0.3) is 11.6 Å². The summed E-state index contributed by atoms with van der Waals surface area (Å²) >= 11 is 3.20. The fourth-order valence-electron chi connectivity index (χ4n) is 2.65. The zero-order valence-electron chi connectivity index (χ0n) is 12.3. The topological polar surface area (TPSA) is 84.3 Å². The first-order valence-electron chi connectivity index (χ1n) is 6.87. The lowest BCUT2D eigenvalue weighted by Gasteiger charge is -2.36. The highest BCUT2D eigenvalue weighted by molar-refractivity contribution is 9.10. The van der Waals surface area contributed by atoms with Gasteiger partial charge in [0.05, 0.1) is 4.92 Å². The van der Waals surface area contributed by atoms with E-state index in [4.69, 9.17) is 0 Å². The Hall–Kier alpha value is -1.18. The van der Waals surface area contributed by atoms with Crippen LogP contribution in [-0.4, -0.2) is 29.5 Å². The van der Waals surface area contributed by atoms with Crippen molar-refractivity contribution in [2.45, 2.75) is 32.4 Å². The van der Waals surface area contributed by atoms with Gasteiger partial charge in [0.2, 0.25) is 0 Å². The predicted octanol–water partition coefficient (Wildman–Crippen LogP) is 2.90. The lowest BCUT2D eigenvalue weighted by molar-refractivity contribution is -0.385. The average molecular weight is 393 g/mol. The summed E-state index contributed by atoms with van der Waals surface area (Å²) in [6.07, 6.45) is 0.994. The SMILES string of the molecule is CC1CCNC(C)C1NC(=O)c1cc(Br)cc([N+](=O)[O-])c1.Cl. The third kappa shape index (κ3) is 4.41. The Kier molecular flexibility index (Phi) is 6.77. The number of carbonyl (C=O) groups is 1. The molecule has 0 spiro atoms. The van der Waals surface area contributed by atoms with Gasteiger partial charge in [-0.05, 0) is 31.9 Å². The van der Waals surface area contributed by atoms with E-state index in [0.717, 1.165) is 13.0 Å². The van der Waals surface area contributed by atoms with E-state index in [1.54, 1.807) is 6.07 Å². The van der Waals surface area contributed by atoms with Gasteiger partial charge < -0.3 is 10.6 Å². The predicted molar refractivity (Wildman–Crippen MR) is 90.5 cm³/mol. The maximum atomic E-state index is 12.3. The molecular weight excluding hydrogens is 374 g/mol. The van der Waals surface area contributed by atoms with Gasteiger partial charge >= 0.3 is 0 Å². The van der Waals surface area contributed by atoms with Crippen LogP contribution in [0.25, 0.3) is 0 Å². The third-order valence-corrected chi connectivity index (χ3v) is 4.33. The Balaban J connectivity index is 0.00000242. The summed E-state index contributed by atoms with van der Waals surface area (Å²) in [7, 11) is 0. The maximum absolute atomic E-state index is 12.3.